The highest BCUT2D eigenvalue weighted by Crippen LogP contribution is 2.15. The Kier molecular flexibility index (Phi) is 4.38. The van der Waals surface area contributed by atoms with Gasteiger partial charge in [0.2, 0.25) is 0 Å². The summed E-state index contributed by atoms with van der Waals surface area (Å²) in [7, 11) is 0. The van der Waals surface area contributed by atoms with Crippen LogP contribution in [0.1, 0.15) is 12.8 Å². The van der Waals surface area contributed by atoms with Crippen LogP contribution in [0.5, 0.6) is 0 Å². The van der Waals surface area contributed by atoms with Crippen LogP contribution in [0, 0.1) is 5.92 Å². The third-order valence-corrected chi connectivity index (χ3v) is 3.25. The van der Waals surface area contributed by atoms with Crippen LogP contribution in [0.3, 0.4) is 0 Å². The van der Waals surface area contributed by atoms with Crippen molar-refractivity contribution in [1.29, 1.82) is 0 Å². The van der Waals surface area contributed by atoms with E-state index in [0.717, 1.165) is 13.0 Å². The predicted molar refractivity (Wildman–Crippen MR) is 67.6 cm³/mol. The number of aryl methyl sites for hydroxylation is 1. The number of imidazole rings is 1. The molecule has 1 aliphatic rings. The van der Waals surface area contributed by atoms with Gasteiger partial charge in [0.1, 0.15) is 0 Å². The highest BCUT2D eigenvalue weighted by atomic mass is 16.4. The number of amides is 2. The first-order valence-electron chi connectivity index (χ1n) is 6.38. The fourth-order valence-electron chi connectivity index (χ4n) is 2.13. The molecule has 1 aliphatic heterocycles. The zero-order valence-electron chi connectivity index (χ0n) is 10.7. The quantitative estimate of drug-likeness (QED) is 0.755. The number of carbonyl (C=O) groups excluding carboxylic acids is 1. The van der Waals surface area contributed by atoms with Crippen LogP contribution >= 0.6 is 0 Å². The summed E-state index contributed by atoms with van der Waals surface area (Å²) in [6.07, 6.45) is 6.68. The molecule has 2 heterocycles. The number of rotatable bonds is 5. The van der Waals surface area contributed by atoms with E-state index in [9.17, 15) is 9.59 Å². The van der Waals surface area contributed by atoms with Gasteiger partial charge in [0.05, 0.1) is 12.2 Å². The van der Waals surface area contributed by atoms with Crippen LogP contribution in [0.4, 0.5) is 4.79 Å². The monoisotopic (exact) mass is 266 g/mol. The average Bonchev–Trinajstić information content (AvgIpc) is 3.05. The maximum atomic E-state index is 11.8. The Labute approximate surface area is 111 Å². The van der Waals surface area contributed by atoms with E-state index in [1.807, 2.05) is 10.8 Å². The number of aliphatic carboxylic acids is 1. The van der Waals surface area contributed by atoms with Crippen molar-refractivity contribution in [3.63, 3.8) is 0 Å². The molecule has 0 aromatic carbocycles. The van der Waals surface area contributed by atoms with Gasteiger partial charge in [-0.1, -0.05) is 0 Å². The van der Waals surface area contributed by atoms with Gasteiger partial charge in [0, 0.05) is 38.6 Å². The molecule has 1 unspecified atom stereocenters. The lowest BCUT2D eigenvalue weighted by Gasteiger charge is -2.16. The Morgan fingerprint density at radius 3 is 2.95 bits per heavy atom. The number of carboxylic acid groups (broad SMARTS) is 1. The molecule has 0 spiro atoms. The van der Waals surface area contributed by atoms with Gasteiger partial charge in [0.25, 0.3) is 0 Å². The van der Waals surface area contributed by atoms with Crippen molar-refractivity contribution in [2.45, 2.75) is 19.4 Å². The van der Waals surface area contributed by atoms with Crippen LogP contribution in [-0.2, 0) is 11.3 Å². The molecule has 0 aliphatic carbocycles. The van der Waals surface area contributed by atoms with E-state index >= 15 is 0 Å². The topological polar surface area (TPSA) is 87.5 Å². The van der Waals surface area contributed by atoms with Gasteiger partial charge in [-0.2, -0.15) is 0 Å². The number of hydrogen-bond donors (Lipinski definition) is 2. The summed E-state index contributed by atoms with van der Waals surface area (Å²) in [6, 6.07) is -0.172. The summed E-state index contributed by atoms with van der Waals surface area (Å²) >= 11 is 0. The molecule has 0 radical (unpaired) electrons. The highest BCUT2D eigenvalue weighted by molar-refractivity contribution is 5.77. The number of likely N-dealkylation sites (tertiary alicyclic amines) is 1. The van der Waals surface area contributed by atoms with Crippen molar-refractivity contribution >= 4 is 12.0 Å². The third-order valence-electron chi connectivity index (χ3n) is 3.25. The molecule has 1 aromatic rings. The largest absolute Gasteiger partial charge is 0.481 e. The number of carbonyl (C=O) groups is 2. The first-order valence-corrected chi connectivity index (χ1v) is 6.38. The highest BCUT2D eigenvalue weighted by Gasteiger charge is 2.30. The minimum Gasteiger partial charge on any atom is -0.481 e. The molecule has 0 bridgehead atoms. The van der Waals surface area contributed by atoms with E-state index in [1.165, 1.54) is 0 Å². The lowest BCUT2D eigenvalue weighted by molar-refractivity contribution is -0.141. The molecular weight excluding hydrogens is 248 g/mol. The Hall–Kier alpha value is -2.05. The number of hydrogen-bond acceptors (Lipinski definition) is 3. The van der Waals surface area contributed by atoms with E-state index in [2.05, 4.69) is 10.3 Å². The van der Waals surface area contributed by atoms with E-state index in [4.69, 9.17) is 5.11 Å². The van der Waals surface area contributed by atoms with Crippen molar-refractivity contribution in [2.75, 3.05) is 19.6 Å². The number of aromatic nitrogens is 2. The van der Waals surface area contributed by atoms with Gasteiger partial charge in [-0.25, -0.2) is 9.78 Å². The van der Waals surface area contributed by atoms with Crippen molar-refractivity contribution in [3.05, 3.63) is 18.7 Å². The van der Waals surface area contributed by atoms with Gasteiger partial charge in [-0.05, 0) is 12.8 Å². The SMILES string of the molecule is O=C(O)C1CCN(C(=O)NCCCn2ccnc2)C1. The maximum absolute atomic E-state index is 11.8. The van der Waals surface area contributed by atoms with Gasteiger partial charge in [0.15, 0.2) is 0 Å². The maximum Gasteiger partial charge on any atom is 0.317 e. The summed E-state index contributed by atoms with van der Waals surface area (Å²) in [5, 5.41) is 11.7. The molecule has 19 heavy (non-hydrogen) atoms. The summed E-state index contributed by atoms with van der Waals surface area (Å²) < 4.78 is 1.95. The minimum atomic E-state index is -0.824. The van der Waals surface area contributed by atoms with Crippen molar-refractivity contribution in [3.8, 4) is 0 Å². The van der Waals surface area contributed by atoms with Crippen LogP contribution in [0.25, 0.3) is 0 Å². The molecular formula is C12H18N4O3. The van der Waals surface area contributed by atoms with E-state index in [1.54, 1.807) is 17.4 Å². The molecule has 1 atom stereocenters. The van der Waals surface area contributed by atoms with Gasteiger partial charge >= 0.3 is 12.0 Å². The van der Waals surface area contributed by atoms with Crippen LogP contribution in [0.2, 0.25) is 0 Å². The second-order valence-corrected chi connectivity index (χ2v) is 4.66. The fourth-order valence-corrected chi connectivity index (χ4v) is 2.13. The van der Waals surface area contributed by atoms with Crippen molar-refractivity contribution in [1.82, 2.24) is 19.8 Å². The fraction of sp³-hybridized carbons (Fsp3) is 0.583. The van der Waals surface area contributed by atoms with Crippen LogP contribution in [-0.4, -0.2) is 51.2 Å². The molecule has 104 valence electrons. The normalized spacial score (nSPS) is 18.5. The number of urea groups is 1. The minimum absolute atomic E-state index is 0.172. The standard InChI is InChI=1S/C12H18N4O3/c17-11(18)10-2-6-16(8-10)12(19)14-3-1-5-15-7-4-13-9-15/h4,7,9-10H,1-3,5-6,8H2,(H,14,19)(H,17,18). The summed E-state index contributed by atoms with van der Waals surface area (Å²) in [5.41, 5.74) is 0. The lowest BCUT2D eigenvalue weighted by Crippen LogP contribution is -2.39. The average molecular weight is 266 g/mol. The molecule has 7 nitrogen and oxygen atoms in total. The first-order chi connectivity index (χ1) is 9.16. The Morgan fingerprint density at radius 1 is 1.47 bits per heavy atom. The molecule has 7 heteroatoms. The van der Waals surface area contributed by atoms with Crippen LogP contribution in [0.15, 0.2) is 18.7 Å². The molecule has 2 N–H and O–H groups in total. The van der Waals surface area contributed by atoms with E-state index in [0.29, 0.717) is 26.1 Å². The molecule has 1 aromatic heterocycles. The smallest absolute Gasteiger partial charge is 0.317 e. The zero-order chi connectivity index (χ0) is 13.7. The third kappa shape index (κ3) is 3.70. The zero-order valence-corrected chi connectivity index (χ0v) is 10.7. The van der Waals surface area contributed by atoms with Crippen molar-refractivity contribution < 1.29 is 14.7 Å². The lowest BCUT2D eigenvalue weighted by atomic mass is 10.1. The summed E-state index contributed by atoms with van der Waals surface area (Å²) in [4.78, 5) is 28.1. The number of nitrogens with one attached hydrogen (secondary N) is 1. The van der Waals surface area contributed by atoms with E-state index < -0.39 is 11.9 Å². The van der Waals surface area contributed by atoms with Crippen LogP contribution < -0.4 is 5.32 Å². The second kappa shape index (κ2) is 6.21. The first kappa shape index (κ1) is 13.4. The Balaban J connectivity index is 1.63. The summed E-state index contributed by atoms with van der Waals surface area (Å²) in [6.45, 7) is 2.20. The van der Waals surface area contributed by atoms with E-state index in [-0.39, 0.29) is 6.03 Å². The molecule has 0 saturated carbocycles. The number of nitrogens with zero attached hydrogens (tertiary/aromatic N) is 3. The molecule has 1 saturated heterocycles. The molecule has 1 fully saturated rings. The predicted octanol–water partition coefficient (Wildman–Crippen LogP) is 0.389. The Bertz CT molecular complexity index is 432. The van der Waals surface area contributed by atoms with Gasteiger partial charge < -0.3 is 19.9 Å². The molecule has 2 rings (SSSR count). The summed E-state index contributed by atoms with van der Waals surface area (Å²) in [5.74, 6) is -1.24. The van der Waals surface area contributed by atoms with Gasteiger partial charge in [-0.3, -0.25) is 4.79 Å². The second-order valence-electron chi connectivity index (χ2n) is 4.66. The Morgan fingerprint density at radius 2 is 2.32 bits per heavy atom. The molecule has 2 amide bonds. The van der Waals surface area contributed by atoms with Gasteiger partial charge in [-0.15, -0.1) is 0 Å². The van der Waals surface area contributed by atoms with Crippen molar-refractivity contribution in [2.24, 2.45) is 5.92 Å². The number of carboxylic acids is 1.